The first-order chi connectivity index (χ1) is 13.8. The molecule has 0 radical (unpaired) electrons. The Labute approximate surface area is 170 Å². The summed E-state index contributed by atoms with van der Waals surface area (Å²) >= 11 is 1.75. The van der Waals surface area contributed by atoms with Gasteiger partial charge in [0.1, 0.15) is 0 Å². The van der Waals surface area contributed by atoms with E-state index in [2.05, 4.69) is 53.2 Å². The summed E-state index contributed by atoms with van der Waals surface area (Å²) < 4.78 is 5.50. The number of carbonyl (C=O) groups excluding carboxylic acids is 1. The predicted molar refractivity (Wildman–Crippen MR) is 115 cm³/mol. The Morgan fingerprint density at radius 1 is 1.07 bits per heavy atom. The maximum atomic E-state index is 13.1. The lowest BCUT2D eigenvalue weighted by atomic mass is 10.0. The number of carbonyl (C=O) groups is 1. The van der Waals surface area contributed by atoms with E-state index in [1.807, 2.05) is 17.0 Å². The molecule has 2 amide bonds. The Balaban J connectivity index is 1.44. The van der Waals surface area contributed by atoms with Gasteiger partial charge in [-0.25, -0.2) is 4.79 Å². The highest BCUT2D eigenvalue weighted by Gasteiger charge is 2.25. The fourth-order valence-electron chi connectivity index (χ4n) is 3.85. The molecule has 2 aromatic carbocycles. The van der Waals surface area contributed by atoms with Gasteiger partial charge in [-0.2, -0.15) is 0 Å². The Morgan fingerprint density at radius 3 is 2.71 bits per heavy atom. The van der Waals surface area contributed by atoms with Crippen LogP contribution in [0.15, 0.2) is 60.0 Å². The summed E-state index contributed by atoms with van der Waals surface area (Å²) in [7, 11) is 0. The number of urea groups is 1. The van der Waals surface area contributed by atoms with Crippen LogP contribution in [0.25, 0.3) is 10.8 Å². The summed E-state index contributed by atoms with van der Waals surface area (Å²) in [6, 6.07) is 19.0. The molecule has 1 N–H and O–H groups in total. The van der Waals surface area contributed by atoms with Gasteiger partial charge in [0.2, 0.25) is 0 Å². The van der Waals surface area contributed by atoms with Crippen LogP contribution in [0, 0.1) is 0 Å². The second-order valence-corrected chi connectivity index (χ2v) is 8.20. The van der Waals surface area contributed by atoms with Gasteiger partial charge >= 0.3 is 6.03 Å². The molecule has 1 fully saturated rings. The first-order valence-electron chi connectivity index (χ1n) is 9.92. The number of rotatable bonds is 6. The topological polar surface area (TPSA) is 41.6 Å². The van der Waals surface area contributed by atoms with Crippen LogP contribution in [0.2, 0.25) is 0 Å². The quantitative estimate of drug-likeness (QED) is 0.650. The van der Waals surface area contributed by atoms with E-state index in [0.717, 1.165) is 44.6 Å². The van der Waals surface area contributed by atoms with Gasteiger partial charge in [-0.1, -0.05) is 48.5 Å². The van der Waals surface area contributed by atoms with Gasteiger partial charge in [-0.15, -0.1) is 11.3 Å². The van der Waals surface area contributed by atoms with E-state index in [-0.39, 0.29) is 12.1 Å². The summed E-state index contributed by atoms with van der Waals surface area (Å²) in [5.41, 5.74) is 1.15. The summed E-state index contributed by atoms with van der Waals surface area (Å²) in [6.07, 6.45) is 2.72. The van der Waals surface area contributed by atoms with Gasteiger partial charge in [0.15, 0.2) is 0 Å². The minimum absolute atomic E-state index is 0.0244. The molecule has 1 saturated heterocycles. The molecule has 1 aromatic heterocycles. The maximum absolute atomic E-state index is 13.1. The highest BCUT2D eigenvalue weighted by Crippen LogP contribution is 2.20. The molecule has 0 saturated carbocycles. The molecule has 2 heterocycles. The van der Waals surface area contributed by atoms with Crippen molar-refractivity contribution in [2.75, 3.05) is 19.8 Å². The van der Waals surface area contributed by atoms with Crippen molar-refractivity contribution in [3.8, 4) is 0 Å². The number of nitrogens with one attached hydrogen (secondary N) is 1. The second-order valence-electron chi connectivity index (χ2n) is 7.16. The van der Waals surface area contributed by atoms with Crippen LogP contribution in [0.3, 0.4) is 0 Å². The van der Waals surface area contributed by atoms with Gasteiger partial charge in [0.05, 0.1) is 0 Å². The number of thiophene rings is 1. The van der Waals surface area contributed by atoms with Crippen LogP contribution in [-0.2, 0) is 17.7 Å². The number of fused-ring (bicyclic) bond motifs is 1. The number of hydrogen-bond donors (Lipinski definition) is 1. The molecule has 1 aliphatic rings. The van der Waals surface area contributed by atoms with Crippen LogP contribution in [0.5, 0.6) is 0 Å². The third kappa shape index (κ3) is 4.54. The lowest BCUT2D eigenvalue weighted by Gasteiger charge is -2.34. The van der Waals surface area contributed by atoms with Crippen LogP contribution < -0.4 is 5.32 Å². The summed E-state index contributed by atoms with van der Waals surface area (Å²) in [4.78, 5) is 16.4. The van der Waals surface area contributed by atoms with Crippen molar-refractivity contribution in [3.05, 3.63) is 70.4 Å². The van der Waals surface area contributed by atoms with Crippen molar-refractivity contribution >= 4 is 28.1 Å². The van der Waals surface area contributed by atoms with Crippen LogP contribution >= 0.6 is 11.3 Å². The molecule has 0 spiro atoms. The van der Waals surface area contributed by atoms with E-state index < -0.39 is 0 Å². The molecule has 146 valence electrons. The molecule has 3 aromatic rings. The Hall–Kier alpha value is -2.37. The molecule has 0 atom stereocenters. The van der Waals surface area contributed by atoms with Gasteiger partial charge in [0.25, 0.3) is 0 Å². The van der Waals surface area contributed by atoms with Crippen LogP contribution in [-0.4, -0.2) is 36.7 Å². The van der Waals surface area contributed by atoms with Crippen molar-refractivity contribution in [1.82, 2.24) is 10.2 Å². The third-order valence-electron chi connectivity index (χ3n) is 5.38. The van der Waals surface area contributed by atoms with E-state index >= 15 is 0 Å². The van der Waals surface area contributed by atoms with Crippen molar-refractivity contribution in [2.24, 2.45) is 0 Å². The van der Waals surface area contributed by atoms with E-state index in [0.29, 0.717) is 6.54 Å². The number of hydrogen-bond acceptors (Lipinski definition) is 3. The largest absolute Gasteiger partial charge is 0.381 e. The normalized spacial score (nSPS) is 14.9. The lowest BCUT2D eigenvalue weighted by Crippen LogP contribution is -2.48. The van der Waals surface area contributed by atoms with E-state index in [1.54, 1.807) is 11.3 Å². The molecule has 28 heavy (non-hydrogen) atoms. The molecule has 0 bridgehead atoms. The fraction of sp³-hybridized carbons (Fsp3) is 0.348. The zero-order valence-corrected chi connectivity index (χ0v) is 16.8. The molecule has 1 aliphatic heterocycles. The molecule has 0 aliphatic carbocycles. The number of benzene rings is 2. The zero-order chi connectivity index (χ0) is 19.2. The zero-order valence-electron chi connectivity index (χ0n) is 16.0. The van der Waals surface area contributed by atoms with E-state index in [1.165, 1.54) is 15.6 Å². The number of nitrogens with zero attached hydrogens (tertiary/aromatic N) is 1. The van der Waals surface area contributed by atoms with Gasteiger partial charge in [-0.05, 0) is 47.0 Å². The molecular weight excluding hydrogens is 368 g/mol. The molecule has 4 rings (SSSR count). The van der Waals surface area contributed by atoms with Crippen molar-refractivity contribution in [2.45, 2.75) is 31.8 Å². The molecule has 4 nitrogen and oxygen atoms in total. The number of amides is 2. The van der Waals surface area contributed by atoms with Crippen molar-refractivity contribution in [3.63, 3.8) is 0 Å². The van der Waals surface area contributed by atoms with Gasteiger partial charge < -0.3 is 15.0 Å². The minimum atomic E-state index is 0.0244. The minimum Gasteiger partial charge on any atom is -0.381 e. The monoisotopic (exact) mass is 394 g/mol. The maximum Gasteiger partial charge on any atom is 0.317 e. The smallest absolute Gasteiger partial charge is 0.317 e. The van der Waals surface area contributed by atoms with Gasteiger partial charge in [0, 0.05) is 37.2 Å². The summed E-state index contributed by atoms with van der Waals surface area (Å²) in [5.74, 6) is 0. The lowest BCUT2D eigenvalue weighted by molar-refractivity contribution is 0.0461. The average molecular weight is 395 g/mol. The number of ether oxygens (including phenoxy) is 1. The van der Waals surface area contributed by atoms with Crippen molar-refractivity contribution < 1.29 is 9.53 Å². The Morgan fingerprint density at radius 2 is 1.89 bits per heavy atom. The molecule has 0 unspecified atom stereocenters. The summed E-state index contributed by atoms with van der Waals surface area (Å²) in [6.45, 7) is 2.75. The second kappa shape index (κ2) is 9.22. The van der Waals surface area contributed by atoms with Gasteiger partial charge in [-0.3, -0.25) is 0 Å². The standard InChI is InChI=1S/C23H26N2O2S/c26-23(24-17-19-7-3-6-18-5-1-2-9-22(18)19)25(20-11-14-27-15-12-20)13-10-21-8-4-16-28-21/h1-9,16,20H,10-15,17H2,(H,24,26). The highest BCUT2D eigenvalue weighted by molar-refractivity contribution is 7.09. The molecule has 5 heteroatoms. The fourth-order valence-corrected chi connectivity index (χ4v) is 4.55. The Bertz CT molecular complexity index is 899. The van der Waals surface area contributed by atoms with Crippen molar-refractivity contribution in [1.29, 1.82) is 0 Å². The van der Waals surface area contributed by atoms with Crippen LogP contribution in [0.1, 0.15) is 23.3 Å². The third-order valence-corrected chi connectivity index (χ3v) is 6.32. The van der Waals surface area contributed by atoms with E-state index in [9.17, 15) is 4.79 Å². The summed E-state index contributed by atoms with van der Waals surface area (Å²) in [5, 5.41) is 7.66. The van der Waals surface area contributed by atoms with E-state index in [4.69, 9.17) is 4.74 Å². The first kappa shape index (κ1) is 19.0. The highest BCUT2D eigenvalue weighted by atomic mass is 32.1. The predicted octanol–water partition coefficient (Wildman–Crippen LogP) is 4.83. The van der Waals surface area contributed by atoms with Crippen LogP contribution in [0.4, 0.5) is 4.79 Å². The molecular formula is C23H26N2O2S. The SMILES string of the molecule is O=C(NCc1cccc2ccccc12)N(CCc1cccs1)C1CCOCC1. The first-order valence-corrected chi connectivity index (χ1v) is 10.8. The Kier molecular flexibility index (Phi) is 6.24. The average Bonchev–Trinajstić information content (AvgIpc) is 3.27.